The average molecular weight is 461 g/mol. The summed E-state index contributed by atoms with van der Waals surface area (Å²) in [6, 6.07) is 10.4. The van der Waals surface area contributed by atoms with E-state index < -0.39 is 0 Å². The number of nitrogens with zero attached hydrogens (tertiary/aromatic N) is 5. The Morgan fingerprint density at radius 3 is 2.74 bits per heavy atom. The van der Waals surface area contributed by atoms with E-state index in [1.807, 2.05) is 12.1 Å². The lowest BCUT2D eigenvalue weighted by Crippen LogP contribution is -2.45. The van der Waals surface area contributed by atoms with Gasteiger partial charge in [-0.25, -0.2) is 9.97 Å². The lowest BCUT2D eigenvalue weighted by atomic mass is 10.1. The lowest BCUT2D eigenvalue weighted by molar-refractivity contribution is 0.148. The number of ether oxygens (including phenoxy) is 1. The fourth-order valence-corrected chi connectivity index (χ4v) is 4.34. The number of piperazine rings is 1. The summed E-state index contributed by atoms with van der Waals surface area (Å²) in [6.07, 6.45) is 7.72. The molecule has 1 saturated heterocycles. The van der Waals surface area contributed by atoms with Crippen LogP contribution in [0.3, 0.4) is 0 Å². The van der Waals surface area contributed by atoms with E-state index in [1.54, 1.807) is 12.5 Å². The van der Waals surface area contributed by atoms with Gasteiger partial charge in [0.1, 0.15) is 5.69 Å². The molecule has 0 amide bonds. The van der Waals surface area contributed by atoms with E-state index in [1.165, 1.54) is 11.3 Å². The van der Waals surface area contributed by atoms with Gasteiger partial charge < -0.3 is 24.3 Å². The Kier molecular flexibility index (Phi) is 6.89. The molecule has 8 heteroatoms. The summed E-state index contributed by atoms with van der Waals surface area (Å²) in [6.45, 7) is 6.99. The highest BCUT2D eigenvalue weighted by atomic mass is 16.5. The van der Waals surface area contributed by atoms with E-state index in [0.717, 1.165) is 56.2 Å². The molecular formula is C26H32N6O2. The molecule has 0 unspecified atom stereocenters. The van der Waals surface area contributed by atoms with Crippen LogP contribution in [-0.4, -0.2) is 73.2 Å². The highest BCUT2D eigenvalue weighted by Crippen LogP contribution is 2.28. The molecule has 178 valence electrons. The van der Waals surface area contributed by atoms with Gasteiger partial charge in [0.05, 0.1) is 19.5 Å². The van der Waals surface area contributed by atoms with Crippen molar-refractivity contribution in [2.75, 3.05) is 63.6 Å². The van der Waals surface area contributed by atoms with Gasteiger partial charge in [-0.3, -0.25) is 4.90 Å². The topological polar surface area (TPSA) is 69.9 Å². The number of nitrogens with one attached hydrogen (secondary N) is 1. The van der Waals surface area contributed by atoms with Crippen LogP contribution in [0.5, 0.6) is 0 Å². The van der Waals surface area contributed by atoms with Crippen molar-refractivity contribution in [3.63, 3.8) is 0 Å². The van der Waals surface area contributed by atoms with E-state index >= 15 is 0 Å². The summed E-state index contributed by atoms with van der Waals surface area (Å²) in [5, 5.41) is 3.39. The number of benzene rings is 1. The Bertz CT molecular complexity index is 1140. The normalized spacial score (nSPS) is 18.2. The fraction of sp³-hybridized carbons (Fsp3) is 0.385. The van der Waals surface area contributed by atoms with Gasteiger partial charge >= 0.3 is 0 Å². The summed E-state index contributed by atoms with van der Waals surface area (Å²) < 4.78 is 11.5. The first-order valence-electron chi connectivity index (χ1n) is 11.8. The highest BCUT2D eigenvalue weighted by Gasteiger charge is 2.18. The van der Waals surface area contributed by atoms with Crippen molar-refractivity contribution in [2.45, 2.75) is 13.2 Å². The van der Waals surface area contributed by atoms with Crippen LogP contribution in [-0.2, 0) is 17.9 Å². The van der Waals surface area contributed by atoms with Crippen LogP contribution in [0.4, 0.5) is 17.3 Å². The smallest absolute Gasteiger partial charge is 0.227 e. The predicted octanol–water partition coefficient (Wildman–Crippen LogP) is 3.75. The van der Waals surface area contributed by atoms with Crippen LogP contribution in [0.1, 0.15) is 11.1 Å². The second-order valence-corrected chi connectivity index (χ2v) is 9.03. The molecule has 0 radical (unpaired) electrons. The third-order valence-electron chi connectivity index (χ3n) is 6.25. The zero-order valence-corrected chi connectivity index (χ0v) is 19.9. The van der Waals surface area contributed by atoms with Gasteiger partial charge in [-0.05, 0) is 50.0 Å². The zero-order valence-electron chi connectivity index (χ0n) is 19.9. The molecule has 3 aromatic rings. The van der Waals surface area contributed by atoms with Gasteiger partial charge in [0.15, 0.2) is 5.76 Å². The van der Waals surface area contributed by atoms with Gasteiger partial charge in [0.25, 0.3) is 0 Å². The maximum atomic E-state index is 5.79. The standard InChI is InChI=1S/C26H32N6O2/c1-30-10-12-32(13-11-30)24-6-5-22-16-21(24)17-31(2)9-3-4-14-33-18-20-15-25(34-19-20)23-7-8-27-26(28-22)29-23/h3-8,15-16,19H,9-14,17-18H2,1-2H3,(H,27,28,29). The van der Waals surface area contributed by atoms with Crippen molar-refractivity contribution in [1.29, 1.82) is 0 Å². The first kappa shape index (κ1) is 22.6. The minimum Gasteiger partial charge on any atom is -0.462 e. The molecule has 0 aliphatic carbocycles. The Balaban J connectivity index is 1.47. The summed E-state index contributed by atoms with van der Waals surface area (Å²) in [5.74, 6) is 1.25. The van der Waals surface area contributed by atoms with Gasteiger partial charge in [0.2, 0.25) is 5.95 Å². The van der Waals surface area contributed by atoms with Crippen molar-refractivity contribution in [1.82, 2.24) is 19.8 Å². The van der Waals surface area contributed by atoms with Crippen molar-refractivity contribution in [3.8, 4) is 11.5 Å². The summed E-state index contributed by atoms with van der Waals surface area (Å²) in [5.41, 5.74) is 5.28. The molecule has 0 atom stereocenters. The maximum absolute atomic E-state index is 5.79. The SMILES string of the molecule is CN1CCN(c2ccc3cc2CN(C)CC=CCOCc2coc(c2)-c2ccnc(n2)N3)CC1. The average Bonchev–Trinajstić information content (AvgIpc) is 3.31. The fourth-order valence-electron chi connectivity index (χ4n) is 4.34. The molecule has 0 saturated carbocycles. The zero-order chi connectivity index (χ0) is 23.3. The van der Waals surface area contributed by atoms with E-state index in [9.17, 15) is 0 Å². The Morgan fingerprint density at radius 1 is 0.971 bits per heavy atom. The molecule has 0 spiro atoms. The molecule has 4 heterocycles. The van der Waals surface area contributed by atoms with Crippen LogP contribution in [0.15, 0.2) is 59.4 Å². The third kappa shape index (κ3) is 5.47. The van der Waals surface area contributed by atoms with Crippen LogP contribution < -0.4 is 10.2 Å². The highest BCUT2D eigenvalue weighted by molar-refractivity contribution is 5.65. The van der Waals surface area contributed by atoms with Crippen molar-refractivity contribution in [2.24, 2.45) is 0 Å². The van der Waals surface area contributed by atoms with Crippen LogP contribution in [0.2, 0.25) is 0 Å². The van der Waals surface area contributed by atoms with E-state index in [2.05, 4.69) is 74.4 Å². The van der Waals surface area contributed by atoms with Gasteiger partial charge in [0, 0.05) is 62.4 Å². The Hall–Kier alpha value is -3.20. The van der Waals surface area contributed by atoms with Crippen LogP contribution in [0.25, 0.3) is 11.5 Å². The predicted molar refractivity (Wildman–Crippen MR) is 134 cm³/mol. The van der Waals surface area contributed by atoms with E-state index in [-0.39, 0.29) is 0 Å². The molecule has 2 aliphatic rings. The first-order chi connectivity index (χ1) is 16.6. The molecule has 6 bridgehead atoms. The molecule has 34 heavy (non-hydrogen) atoms. The summed E-state index contributed by atoms with van der Waals surface area (Å²) >= 11 is 0. The summed E-state index contributed by atoms with van der Waals surface area (Å²) in [7, 11) is 4.34. The van der Waals surface area contributed by atoms with Crippen molar-refractivity contribution < 1.29 is 9.15 Å². The molecular weight excluding hydrogens is 428 g/mol. The molecule has 1 N–H and O–H groups in total. The van der Waals surface area contributed by atoms with Crippen LogP contribution in [0, 0.1) is 0 Å². The third-order valence-corrected chi connectivity index (χ3v) is 6.25. The number of aromatic nitrogens is 2. The van der Waals surface area contributed by atoms with Gasteiger partial charge in [-0.15, -0.1) is 0 Å². The second-order valence-electron chi connectivity index (χ2n) is 9.03. The van der Waals surface area contributed by atoms with Crippen LogP contribution >= 0.6 is 0 Å². The molecule has 1 fully saturated rings. The number of fused-ring (bicyclic) bond motifs is 7. The monoisotopic (exact) mass is 460 g/mol. The number of hydrogen-bond acceptors (Lipinski definition) is 8. The number of furan rings is 1. The number of rotatable bonds is 1. The van der Waals surface area contributed by atoms with Gasteiger partial charge in [-0.2, -0.15) is 0 Å². The molecule has 2 aliphatic heterocycles. The minimum absolute atomic E-state index is 0.499. The number of hydrogen-bond donors (Lipinski definition) is 1. The molecule has 5 rings (SSSR count). The van der Waals surface area contributed by atoms with Crippen molar-refractivity contribution >= 4 is 17.3 Å². The first-order valence-corrected chi connectivity index (χ1v) is 11.8. The second kappa shape index (κ2) is 10.4. The quantitative estimate of drug-likeness (QED) is 0.551. The minimum atomic E-state index is 0.499. The largest absolute Gasteiger partial charge is 0.462 e. The molecule has 2 aromatic heterocycles. The number of likely N-dealkylation sites (N-methyl/N-ethyl adjacent to an activating group) is 2. The molecule has 8 nitrogen and oxygen atoms in total. The van der Waals surface area contributed by atoms with E-state index in [0.29, 0.717) is 24.9 Å². The molecule has 1 aromatic carbocycles. The maximum Gasteiger partial charge on any atom is 0.227 e. The Morgan fingerprint density at radius 2 is 1.85 bits per heavy atom. The summed E-state index contributed by atoms with van der Waals surface area (Å²) in [4.78, 5) is 16.3. The van der Waals surface area contributed by atoms with Crippen molar-refractivity contribution in [3.05, 3.63) is 66.1 Å². The lowest BCUT2D eigenvalue weighted by Gasteiger charge is -2.35. The Labute approximate surface area is 200 Å². The van der Waals surface area contributed by atoms with E-state index in [4.69, 9.17) is 9.15 Å². The van der Waals surface area contributed by atoms with Gasteiger partial charge in [-0.1, -0.05) is 12.2 Å². The number of anilines is 3.